The van der Waals surface area contributed by atoms with Crippen LogP contribution in [-0.2, 0) is 14.8 Å². The van der Waals surface area contributed by atoms with Gasteiger partial charge < -0.3 is 9.88 Å². The molecule has 0 bridgehead atoms. The summed E-state index contributed by atoms with van der Waals surface area (Å²) in [4.78, 5) is 20.0. The number of carbonyl (C=O) groups excluding carboxylic acids is 1. The molecule has 7 nitrogen and oxygen atoms in total. The molecule has 1 aliphatic heterocycles. The third-order valence-corrected chi connectivity index (χ3v) is 5.09. The van der Waals surface area contributed by atoms with E-state index in [1.807, 2.05) is 13.8 Å². The van der Waals surface area contributed by atoms with Crippen molar-refractivity contribution in [1.29, 1.82) is 0 Å². The predicted octanol–water partition coefficient (Wildman–Crippen LogP) is 0.289. The zero-order chi connectivity index (χ0) is 14.8. The lowest BCUT2D eigenvalue weighted by atomic mass is 10.1. The molecule has 0 aromatic carbocycles. The van der Waals surface area contributed by atoms with Crippen LogP contribution < -0.4 is 0 Å². The van der Waals surface area contributed by atoms with E-state index in [2.05, 4.69) is 9.97 Å². The normalized spacial score (nSPS) is 17.6. The standard InChI is InChI=1S/C12H20N4O3S/c1-10(2)7-12(17)15-3-5-16(6-4-15)20(18,19)11-8-13-9-14-11/h8-10H,3-7H2,1-2H3,(H,13,14). The molecule has 1 aromatic heterocycles. The fourth-order valence-corrected chi connectivity index (χ4v) is 3.50. The van der Waals surface area contributed by atoms with E-state index in [4.69, 9.17) is 0 Å². The molecule has 1 amide bonds. The van der Waals surface area contributed by atoms with Crippen LogP contribution in [0.25, 0.3) is 0 Å². The van der Waals surface area contributed by atoms with Crippen molar-refractivity contribution in [3.05, 3.63) is 12.5 Å². The number of piperazine rings is 1. The van der Waals surface area contributed by atoms with Crippen LogP contribution in [0.5, 0.6) is 0 Å². The van der Waals surface area contributed by atoms with Crippen molar-refractivity contribution in [2.45, 2.75) is 25.3 Å². The van der Waals surface area contributed by atoms with E-state index in [1.54, 1.807) is 4.90 Å². The van der Waals surface area contributed by atoms with Gasteiger partial charge in [-0.05, 0) is 5.92 Å². The molecule has 1 fully saturated rings. The Kier molecular flexibility index (Phi) is 4.44. The van der Waals surface area contributed by atoms with Crippen molar-refractivity contribution in [2.75, 3.05) is 26.2 Å². The number of nitrogens with one attached hydrogen (secondary N) is 1. The molecule has 0 saturated carbocycles. The molecule has 0 unspecified atom stereocenters. The maximum Gasteiger partial charge on any atom is 0.260 e. The van der Waals surface area contributed by atoms with E-state index >= 15 is 0 Å². The van der Waals surface area contributed by atoms with E-state index in [1.165, 1.54) is 16.8 Å². The highest BCUT2D eigenvalue weighted by molar-refractivity contribution is 7.89. The summed E-state index contributed by atoms with van der Waals surface area (Å²) < 4.78 is 25.9. The molecule has 8 heteroatoms. The summed E-state index contributed by atoms with van der Waals surface area (Å²) in [6, 6.07) is 0. The van der Waals surface area contributed by atoms with Crippen molar-refractivity contribution >= 4 is 15.9 Å². The summed E-state index contributed by atoms with van der Waals surface area (Å²) in [6.07, 6.45) is 3.15. The topological polar surface area (TPSA) is 86.4 Å². The van der Waals surface area contributed by atoms with Crippen molar-refractivity contribution in [3.8, 4) is 0 Å². The van der Waals surface area contributed by atoms with Gasteiger partial charge in [-0.3, -0.25) is 4.79 Å². The second kappa shape index (κ2) is 5.92. The quantitative estimate of drug-likeness (QED) is 0.866. The molecule has 0 aliphatic carbocycles. The van der Waals surface area contributed by atoms with Gasteiger partial charge in [0.25, 0.3) is 10.0 Å². The van der Waals surface area contributed by atoms with Crippen LogP contribution in [0, 0.1) is 5.92 Å². The lowest BCUT2D eigenvalue weighted by Crippen LogP contribution is -2.50. The zero-order valence-corrected chi connectivity index (χ0v) is 12.6. The molecule has 0 atom stereocenters. The Morgan fingerprint density at radius 1 is 1.35 bits per heavy atom. The molecule has 1 N–H and O–H groups in total. The highest BCUT2D eigenvalue weighted by Gasteiger charge is 2.30. The molecule has 0 spiro atoms. The number of imidazole rings is 1. The second-order valence-electron chi connectivity index (χ2n) is 5.30. The maximum absolute atomic E-state index is 12.3. The Balaban J connectivity index is 1.96. The summed E-state index contributed by atoms with van der Waals surface area (Å²) in [5.74, 6) is 0.410. The van der Waals surface area contributed by atoms with Gasteiger partial charge in [0.05, 0.1) is 12.5 Å². The fourth-order valence-electron chi connectivity index (χ4n) is 2.18. The maximum atomic E-state index is 12.3. The summed E-state index contributed by atoms with van der Waals surface area (Å²) in [5.41, 5.74) is 0. The summed E-state index contributed by atoms with van der Waals surface area (Å²) in [6.45, 7) is 5.53. The molecule has 112 valence electrons. The zero-order valence-electron chi connectivity index (χ0n) is 11.7. The van der Waals surface area contributed by atoms with E-state index in [-0.39, 0.29) is 10.9 Å². The van der Waals surface area contributed by atoms with Gasteiger partial charge >= 0.3 is 0 Å². The van der Waals surface area contributed by atoms with Gasteiger partial charge in [0.2, 0.25) is 5.91 Å². The number of sulfonamides is 1. The first-order valence-electron chi connectivity index (χ1n) is 6.67. The highest BCUT2D eigenvalue weighted by atomic mass is 32.2. The van der Waals surface area contributed by atoms with E-state index in [0.717, 1.165) is 0 Å². The van der Waals surface area contributed by atoms with Crippen molar-refractivity contribution in [2.24, 2.45) is 5.92 Å². The molecule has 2 heterocycles. The smallest absolute Gasteiger partial charge is 0.260 e. The highest BCUT2D eigenvalue weighted by Crippen LogP contribution is 2.15. The molecule has 0 radical (unpaired) electrons. The Hall–Kier alpha value is -1.41. The molecule has 20 heavy (non-hydrogen) atoms. The first-order valence-corrected chi connectivity index (χ1v) is 8.11. The third-order valence-electron chi connectivity index (χ3n) is 3.27. The average Bonchev–Trinajstić information content (AvgIpc) is 2.92. The van der Waals surface area contributed by atoms with Gasteiger partial charge in [0, 0.05) is 32.6 Å². The molecule has 1 aliphatic rings. The molecular formula is C12H20N4O3S. The van der Waals surface area contributed by atoms with Crippen LogP contribution >= 0.6 is 0 Å². The SMILES string of the molecule is CC(C)CC(=O)N1CCN(S(=O)(=O)c2cnc[nH]2)CC1. The summed E-state index contributed by atoms with van der Waals surface area (Å²) in [5, 5.41) is 0.0967. The van der Waals surface area contributed by atoms with Crippen molar-refractivity contribution in [3.63, 3.8) is 0 Å². The number of H-pyrrole nitrogens is 1. The number of rotatable bonds is 4. The van der Waals surface area contributed by atoms with Crippen LogP contribution in [-0.4, -0.2) is 59.7 Å². The number of nitrogens with zero attached hydrogens (tertiary/aromatic N) is 3. The van der Waals surface area contributed by atoms with Gasteiger partial charge in [0.1, 0.15) is 0 Å². The lowest BCUT2D eigenvalue weighted by Gasteiger charge is -2.34. The van der Waals surface area contributed by atoms with Gasteiger partial charge in [-0.2, -0.15) is 4.31 Å². The van der Waals surface area contributed by atoms with Crippen molar-refractivity contribution < 1.29 is 13.2 Å². The monoisotopic (exact) mass is 300 g/mol. The molecular weight excluding hydrogens is 280 g/mol. The minimum absolute atomic E-state index is 0.0959. The Labute approximate surface area is 119 Å². The van der Waals surface area contributed by atoms with Crippen LogP contribution in [0.1, 0.15) is 20.3 Å². The van der Waals surface area contributed by atoms with E-state index in [0.29, 0.717) is 38.5 Å². The van der Waals surface area contributed by atoms with Crippen LogP contribution in [0.4, 0.5) is 0 Å². The minimum atomic E-state index is -3.51. The van der Waals surface area contributed by atoms with Gasteiger partial charge in [0.15, 0.2) is 5.03 Å². The van der Waals surface area contributed by atoms with Gasteiger partial charge in [-0.1, -0.05) is 13.8 Å². The van der Waals surface area contributed by atoms with Crippen LogP contribution in [0.2, 0.25) is 0 Å². The van der Waals surface area contributed by atoms with E-state index < -0.39 is 10.0 Å². The Morgan fingerprint density at radius 3 is 2.50 bits per heavy atom. The predicted molar refractivity (Wildman–Crippen MR) is 73.4 cm³/mol. The summed E-state index contributed by atoms with van der Waals surface area (Å²) in [7, 11) is -3.51. The third kappa shape index (κ3) is 3.18. The number of hydrogen-bond donors (Lipinski definition) is 1. The minimum Gasteiger partial charge on any atom is -0.340 e. The van der Waals surface area contributed by atoms with Crippen LogP contribution in [0.3, 0.4) is 0 Å². The molecule has 1 aromatic rings. The average molecular weight is 300 g/mol. The fraction of sp³-hybridized carbons (Fsp3) is 0.667. The van der Waals surface area contributed by atoms with Gasteiger partial charge in [-0.15, -0.1) is 0 Å². The lowest BCUT2D eigenvalue weighted by molar-refractivity contribution is -0.133. The number of amides is 1. The molecule has 2 rings (SSSR count). The second-order valence-corrected chi connectivity index (χ2v) is 7.21. The first kappa shape index (κ1) is 15.0. The van der Waals surface area contributed by atoms with Gasteiger partial charge in [-0.25, -0.2) is 13.4 Å². The first-order chi connectivity index (χ1) is 9.41. The number of aromatic amines is 1. The largest absolute Gasteiger partial charge is 0.340 e. The molecule has 1 saturated heterocycles. The Morgan fingerprint density at radius 2 is 2.00 bits per heavy atom. The number of carbonyl (C=O) groups is 1. The summed E-state index contributed by atoms with van der Waals surface area (Å²) >= 11 is 0. The number of aromatic nitrogens is 2. The van der Waals surface area contributed by atoms with E-state index in [9.17, 15) is 13.2 Å². The Bertz CT molecular complexity index is 545. The van der Waals surface area contributed by atoms with Crippen LogP contribution in [0.15, 0.2) is 17.6 Å². The van der Waals surface area contributed by atoms with Crippen molar-refractivity contribution in [1.82, 2.24) is 19.2 Å². The number of hydrogen-bond acceptors (Lipinski definition) is 4.